The van der Waals surface area contributed by atoms with Gasteiger partial charge in [0.2, 0.25) is 0 Å². The molecule has 0 radical (unpaired) electrons. The van der Waals surface area contributed by atoms with Crippen LogP contribution in [0.15, 0.2) is 66.7 Å². The Morgan fingerprint density at radius 2 is 1.61 bits per heavy atom. The van der Waals surface area contributed by atoms with Crippen molar-refractivity contribution in [2.24, 2.45) is 0 Å². The molecule has 3 aromatic carbocycles. The van der Waals surface area contributed by atoms with Crippen molar-refractivity contribution in [3.8, 4) is 11.1 Å². The molecule has 0 aromatic heterocycles. The third kappa shape index (κ3) is 4.14. The predicted octanol–water partition coefficient (Wildman–Crippen LogP) is 4.67. The van der Waals surface area contributed by atoms with E-state index in [2.05, 4.69) is 5.32 Å². The molecule has 0 spiro atoms. The Bertz CT molecular complexity index is 1080. The number of benzene rings is 3. The monoisotopic (exact) mass is 419 g/mol. The molecule has 0 unspecified atom stereocenters. The lowest BCUT2D eigenvalue weighted by molar-refractivity contribution is -0.139. The Balaban J connectivity index is 1.45. The molecule has 1 aliphatic rings. The standard InChI is InChI=1S/C25H22FNO4/c1-15-7-6-12-22(26)20(15)13-23(24(28)29)27-25(30)31-14-21-18-10-4-2-8-16(18)17-9-3-5-11-19(17)21/h2-12,21,23H,13-14H2,1H3,(H,27,30)(H,28,29)/t23-/m0/s1. The summed E-state index contributed by atoms with van der Waals surface area (Å²) in [5, 5.41) is 11.9. The Morgan fingerprint density at radius 1 is 1.00 bits per heavy atom. The zero-order chi connectivity index (χ0) is 22.0. The van der Waals surface area contributed by atoms with Crippen LogP contribution in [0.3, 0.4) is 0 Å². The number of carboxylic acid groups (broad SMARTS) is 1. The molecule has 0 aliphatic heterocycles. The van der Waals surface area contributed by atoms with Gasteiger partial charge >= 0.3 is 12.1 Å². The number of carbonyl (C=O) groups excluding carboxylic acids is 1. The molecule has 1 amide bonds. The lowest BCUT2D eigenvalue weighted by atomic mass is 9.98. The number of hydrogen-bond donors (Lipinski definition) is 2. The van der Waals surface area contributed by atoms with Crippen LogP contribution in [0.1, 0.15) is 28.2 Å². The van der Waals surface area contributed by atoms with Crippen LogP contribution in [0.5, 0.6) is 0 Å². The SMILES string of the molecule is Cc1cccc(F)c1C[C@H](NC(=O)OCC1c2ccccc2-c2ccccc21)C(=O)O. The van der Waals surface area contributed by atoms with Gasteiger partial charge < -0.3 is 15.2 Å². The van der Waals surface area contributed by atoms with Gasteiger partial charge in [0.25, 0.3) is 0 Å². The number of carboxylic acids is 1. The lowest BCUT2D eigenvalue weighted by Gasteiger charge is -2.18. The van der Waals surface area contributed by atoms with E-state index in [9.17, 15) is 19.1 Å². The Hall–Kier alpha value is -3.67. The molecule has 0 saturated heterocycles. The van der Waals surface area contributed by atoms with Gasteiger partial charge in [0.05, 0.1) is 0 Å². The van der Waals surface area contributed by atoms with E-state index >= 15 is 0 Å². The van der Waals surface area contributed by atoms with Gasteiger partial charge in [0.1, 0.15) is 18.5 Å². The van der Waals surface area contributed by atoms with Gasteiger partial charge in [-0.15, -0.1) is 0 Å². The molecule has 158 valence electrons. The molecular weight excluding hydrogens is 397 g/mol. The van der Waals surface area contributed by atoms with Crippen molar-refractivity contribution in [2.45, 2.75) is 25.3 Å². The summed E-state index contributed by atoms with van der Waals surface area (Å²) >= 11 is 0. The van der Waals surface area contributed by atoms with Crippen LogP contribution in [0.25, 0.3) is 11.1 Å². The number of aryl methyl sites for hydroxylation is 1. The number of halogens is 1. The molecular formula is C25H22FNO4. The normalized spacial score (nSPS) is 13.2. The quantitative estimate of drug-likeness (QED) is 0.609. The molecule has 6 heteroatoms. The molecule has 5 nitrogen and oxygen atoms in total. The highest BCUT2D eigenvalue weighted by molar-refractivity contribution is 5.81. The minimum Gasteiger partial charge on any atom is -0.480 e. The number of ether oxygens (including phenoxy) is 1. The summed E-state index contributed by atoms with van der Waals surface area (Å²) in [6, 6.07) is 19.1. The first-order chi connectivity index (χ1) is 15.0. The van der Waals surface area contributed by atoms with Gasteiger partial charge in [-0.3, -0.25) is 0 Å². The average molecular weight is 419 g/mol. The van der Waals surface area contributed by atoms with E-state index in [0.29, 0.717) is 5.56 Å². The van der Waals surface area contributed by atoms with E-state index < -0.39 is 23.9 Å². The van der Waals surface area contributed by atoms with Crippen molar-refractivity contribution < 1.29 is 23.8 Å². The van der Waals surface area contributed by atoms with Gasteiger partial charge in [0, 0.05) is 12.3 Å². The van der Waals surface area contributed by atoms with E-state index in [1.165, 1.54) is 6.07 Å². The first kappa shape index (κ1) is 20.6. The average Bonchev–Trinajstić information content (AvgIpc) is 3.08. The number of hydrogen-bond acceptors (Lipinski definition) is 3. The van der Waals surface area contributed by atoms with Gasteiger partial charge in [-0.05, 0) is 46.4 Å². The van der Waals surface area contributed by atoms with Crippen molar-refractivity contribution in [1.29, 1.82) is 0 Å². The van der Waals surface area contributed by atoms with Crippen molar-refractivity contribution in [3.05, 3.63) is 94.8 Å². The maximum absolute atomic E-state index is 14.1. The second kappa shape index (κ2) is 8.60. The molecule has 1 aliphatic carbocycles. The smallest absolute Gasteiger partial charge is 0.407 e. The number of aliphatic carboxylic acids is 1. The number of carbonyl (C=O) groups is 2. The molecule has 0 bridgehead atoms. The number of nitrogens with one attached hydrogen (secondary N) is 1. The Labute approximate surface area is 179 Å². The fraction of sp³-hybridized carbons (Fsp3) is 0.200. The minimum absolute atomic E-state index is 0.0743. The first-order valence-corrected chi connectivity index (χ1v) is 10.0. The Kier molecular flexibility index (Phi) is 5.71. The van der Waals surface area contributed by atoms with Crippen LogP contribution in [0.2, 0.25) is 0 Å². The third-order valence-corrected chi connectivity index (χ3v) is 5.70. The summed E-state index contributed by atoms with van der Waals surface area (Å²) in [5.41, 5.74) is 5.21. The van der Waals surface area contributed by atoms with Crippen molar-refractivity contribution in [3.63, 3.8) is 0 Å². The highest BCUT2D eigenvalue weighted by Gasteiger charge is 2.30. The Morgan fingerprint density at radius 3 is 2.19 bits per heavy atom. The fourth-order valence-electron chi connectivity index (χ4n) is 4.11. The number of rotatable bonds is 6. The van der Waals surface area contributed by atoms with Crippen molar-refractivity contribution >= 4 is 12.1 Å². The summed E-state index contributed by atoms with van der Waals surface area (Å²) in [6.07, 6.45) is -1.01. The van der Waals surface area contributed by atoms with E-state index in [0.717, 1.165) is 22.3 Å². The van der Waals surface area contributed by atoms with Crippen molar-refractivity contribution in [2.75, 3.05) is 6.61 Å². The largest absolute Gasteiger partial charge is 0.480 e. The summed E-state index contributed by atoms with van der Waals surface area (Å²) in [7, 11) is 0. The molecule has 0 saturated carbocycles. The second-order valence-electron chi connectivity index (χ2n) is 7.60. The molecule has 31 heavy (non-hydrogen) atoms. The van der Waals surface area contributed by atoms with Crippen LogP contribution in [0, 0.1) is 12.7 Å². The summed E-state index contributed by atoms with van der Waals surface area (Å²) < 4.78 is 19.5. The van der Waals surface area contributed by atoms with E-state index in [4.69, 9.17) is 4.74 Å². The van der Waals surface area contributed by atoms with Crippen LogP contribution in [-0.4, -0.2) is 29.8 Å². The lowest BCUT2D eigenvalue weighted by Crippen LogP contribution is -2.43. The van der Waals surface area contributed by atoms with Crippen LogP contribution in [0.4, 0.5) is 9.18 Å². The summed E-state index contributed by atoms with van der Waals surface area (Å²) in [4.78, 5) is 24.1. The third-order valence-electron chi connectivity index (χ3n) is 5.70. The summed E-state index contributed by atoms with van der Waals surface area (Å²) in [5.74, 6) is -1.88. The van der Waals surface area contributed by atoms with Gasteiger partial charge in [-0.1, -0.05) is 60.7 Å². The second-order valence-corrected chi connectivity index (χ2v) is 7.60. The fourth-order valence-corrected chi connectivity index (χ4v) is 4.11. The van der Waals surface area contributed by atoms with E-state index in [-0.39, 0.29) is 24.5 Å². The summed E-state index contributed by atoms with van der Waals surface area (Å²) in [6.45, 7) is 1.77. The first-order valence-electron chi connectivity index (χ1n) is 10.0. The molecule has 4 rings (SSSR count). The highest BCUT2D eigenvalue weighted by Crippen LogP contribution is 2.44. The van der Waals surface area contributed by atoms with E-state index in [1.54, 1.807) is 19.1 Å². The van der Waals surface area contributed by atoms with E-state index in [1.807, 2.05) is 48.5 Å². The topological polar surface area (TPSA) is 75.6 Å². The van der Waals surface area contributed by atoms with Gasteiger partial charge in [-0.2, -0.15) is 0 Å². The maximum atomic E-state index is 14.1. The van der Waals surface area contributed by atoms with Crippen LogP contribution >= 0.6 is 0 Å². The number of fused-ring (bicyclic) bond motifs is 3. The zero-order valence-electron chi connectivity index (χ0n) is 17.0. The molecule has 1 atom stereocenters. The van der Waals surface area contributed by atoms with Crippen LogP contribution < -0.4 is 5.32 Å². The molecule has 2 N–H and O–H groups in total. The number of amides is 1. The van der Waals surface area contributed by atoms with Crippen LogP contribution in [-0.2, 0) is 16.0 Å². The molecule has 0 heterocycles. The highest BCUT2D eigenvalue weighted by atomic mass is 19.1. The molecule has 3 aromatic rings. The maximum Gasteiger partial charge on any atom is 0.407 e. The molecule has 0 fully saturated rings. The zero-order valence-corrected chi connectivity index (χ0v) is 17.0. The van der Waals surface area contributed by atoms with Gasteiger partial charge in [0.15, 0.2) is 0 Å². The predicted molar refractivity (Wildman–Crippen MR) is 114 cm³/mol. The van der Waals surface area contributed by atoms with Crippen molar-refractivity contribution in [1.82, 2.24) is 5.32 Å². The minimum atomic E-state index is -1.30. The van der Waals surface area contributed by atoms with Gasteiger partial charge in [-0.25, -0.2) is 14.0 Å². The number of alkyl carbamates (subject to hydrolysis) is 1.